The minimum Gasteiger partial charge on any atom is -0.462 e. The Kier molecular flexibility index (Phi) is 6.55. The second-order valence-corrected chi connectivity index (χ2v) is 9.28. The summed E-state index contributed by atoms with van der Waals surface area (Å²) in [6.07, 6.45) is 2.85. The van der Waals surface area contributed by atoms with Gasteiger partial charge < -0.3 is 10.1 Å². The molecule has 1 N–H and O–H groups in total. The van der Waals surface area contributed by atoms with Gasteiger partial charge in [0.05, 0.1) is 12.2 Å². The molecule has 4 nitrogen and oxygen atoms in total. The minimum absolute atomic E-state index is 0.138. The van der Waals surface area contributed by atoms with Crippen LogP contribution in [0.25, 0.3) is 0 Å². The van der Waals surface area contributed by atoms with Crippen LogP contribution in [0, 0.1) is 0 Å². The Morgan fingerprint density at radius 2 is 1.77 bits per heavy atom. The Labute approximate surface area is 184 Å². The molecule has 154 valence electrons. The molecule has 2 aromatic carbocycles. The highest BCUT2D eigenvalue weighted by Gasteiger charge is 2.30. The number of nitrogens with one attached hydrogen (secondary N) is 1. The lowest BCUT2D eigenvalue weighted by Crippen LogP contribution is -2.20. The Morgan fingerprint density at radius 3 is 2.47 bits per heavy atom. The first kappa shape index (κ1) is 20.7. The molecule has 6 heteroatoms. The summed E-state index contributed by atoms with van der Waals surface area (Å²) >= 11 is 3.01. The SMILES string of the molecule is CCOC(=O)c1c(NC(=O)[C@H](Sc2ccccc2)c2ccccc2)sc2c1CCC2. The molecule has 1 aliphatic carbocycles. The smallest absolute Gasteiger partial charge is 0.341 e. The molecule has 1 aromatic heterocycles. The zero-order chi connectivity index (χ0) is 20.9. The van der Waals surface area contributed by atoms with Gasteiger partial charge in [-0.15, -0.1) is 23.1 Å². The van der Waals surface area contributed by atoms with Crippen LogP contribution in [0.5, 0.6) is 0 Å². The molecule has 0 spiro atoms. The molecule has 0 radical (unpaired) electrons. The van der Waals surface area contributed by atoms with Crippen molar-refractivity contribution in [3.8, 4) is 0 Å². The van der Waals surface area contributed by atoms with E-state index in [2.05, 4.69) is 5.32 Å². The number of esters is 1. The molecule has 0 aliphatic heterocycles. The summed E-state index contributed by atoms with van der Waals surface area (Å²) in [6, 6.07) is 19.6. The predicted octanol–water partition coefficient (Wildman–Crippen LogP) is 5.89. The van der Waals surface area contributed by atoms with Gasteiger partial charge in [-0.25, -0.2) is 4.79 Å². The molecule has 0 saturated heterocycles. The van der Waals surface area contributed by atoms with E-state index in [1.807, 2.05) is 60.7 Å². The van der Waals surface area contributed by atoms with E-state index in [0.717, 1.165) is 35.3 Å². The summed E-state index contributed by atoms with van der Waals surface area (Å²) in [5, 5.41) is 3.24. The van der Waals surface area contributed by atoms with Crippen molar-refractivity contribution in [2.45, 2.75) is 36.3 Å². The minimum atomic E-state index is -0.430. The van der Waals surface area contributed by atoms with E-state index in [9.17, 15) is 9.59 Å². The highest BCUT2D eigenvalue weighted by Crippen LogP contribution is 2.41. The Bertz CT molecular complexity index is 1030. The average Bonchev–Trinajstić information content (AvgIpc) is 3.34. The van der Waals surface area contributed by atoms with E-state index in [-0.39, 0.29) is 11.9 Å². The van der Waals surface area contributed by atoms with E-state index in [1.54, 1.807) is 6.92 Å². The first-order chi connectivity index (χ1) is 14.7. The third kappa shape index (κ3) is 4.45. The fourth-order valence-electron chi connectivity index (χ4n) is 3.62. The quantitative estimate of drug-likeness (QED) is 0.370. The number of hydrogen-bond acceptors (Lipinski definition) is 5. The number of carbonyl (C=O) groups is 2. The molecule has 0 unspecified atom stereocenters. The van der Waals surface area contributed by atoms with Gasteiger partial charge in [0.2, 0.25) is 5.91 Å². The van der Waals surface area contributed by atoms with E-state index in [1.165, 1.54) is 28.0 Å². The second-order valence-electron chi connectivity index (χ2n) is 6.99. The van der Waals surface area contributed by atoms with Crippen molar-refractivity contribution >= 4 is 40.0 Å². The number of fused-ring (bicyclic) bond motifs is 1. The van der Waals surface area contributed by atoms with Crippen LogP contribution in [0.15, 0.2) is 65.6 Å². The summed E-state index contributed by atoms with van der Waals surface area (Å²) in [7, 11) is 0. The van der Waals surface area contributed by atoms with Crippen LogP contribution < -0.4 is 5.32 Å². The average molecular weight is 438 g/mol. The van der Waals surface area contributed by atoms with E-state index in [0.29, 0.717) is 17.2 Å². The predicted molar refractivity (Wildman–Crippen MR) is 122 cm³/mol. The summed E-state index contributed by atoms with van der Waals surface area (Å²) in [5.74, 6) is -0.486. The van der Waals surface area contributed by atoms with Crippen LogP contribution in [0.4, 0.5) is 5.00 Å². The summed E-state index contributed by atoms with van der Waals surface area (Å²) in [5.41, 5.74) is 2.51. The first-order valence-electron chi connectivity index (χ1n) is 10.1. The fraction of sp³-hybridized carbons (Fsp3) is 0.250. The number of hydrogen-bond donors (Lipinski definition) is 1. The van der Waals surface area contributed by atoms with E-state index in [4.69, 9.17) is 4.74 Å². The monoisotopic (exact) mass is 437 g/mol. The molecule has 4 rings (SSSR count). The molecule has 1 heterocycles. The van der Waals surface area contributed by atoms with Gasteiger partial charge in [0.25, 0.3) is 0 Å². The number of aryl methyl sites for hydroxylation is 1. The maximum Gasteiger partial charge on any atom is 0.341 e. The van der Waals surface area contributed by atoms with Crippen LogP contribution in [0.3, 0.4) is 0 Å². The third-order valence-electron chi connectivity index (χ3n) is 4.98. The van der Waals surface area contributed by atoms with Gasteiger partial charge in [0.15, 0.2) is 0 Å². The standard InChI is InChI=1S/C24H23NO3S2/c1-2-28-24(27)20-18-14-9-15-19(18)30-23(20)25-22(26)21(16-10-5-3-6-11-16)29-17-12-7-4-8-13-17/h3-8,10-13,21H,2,9,14-15H2,1H3,(H,25,26)/t21-/m1/s1. The fourth-order valence-corrected chi connectivity index (χ4v) is 5.95. The van der Waals surface area contributed by atoms with Crippen molar-refractivity contribution in [3.05, 3.63) is 82.2 Å². The number of ether oxygens (including phenoxy) is 1. The second kappa shape index (κ2) is 9.49. The molecule has 1 atom stereocenters. The van der Waals surface area contributed by atoms with Crippen LogP contribution in [-0.2, 0) is 22.4 Å². The number of thioether (sulfide) groups is 1. The van der Waals surface area contributed by atoms with Crippen LogP contribution >= 0.6 is 23.1 Å². The van der Waals surface area contributed by atoms with Gasteiger partial charge in [-0.05, 0) is 49.4 Å². The van der Waals surface area contributed by atoms with Crippen LogP contribution in [0.2, 0.25) is 0 Å². The summed E-state index contributed by atoms with van der Waals surface area (Å²) < 4.78 is 5.29. The summed E-state index contributed by atoms with van der Waals surface area (Å²) in [6.45, 7) is 2.11. The number of carbonyl (C=O) groups excluding carboxylic acids is 2. The zero-order valence-corrected chi connectivity index (χ0v) is 18.4. The van der Waals surface area contributed by atoms with Gasteiger partial charge in [-0.3, -0.25) is 4.79 Å². The Balaban J connectivity index is 1.64. The van der Waals surface area contributed by atoms with Gasteiger partial charge in [-0.2, -0.15) is 0 Å². The molecular formula is C24H23NO3S2. The van der Waals surface area contributed by atoms with E-state index >= 15 is 0 Å². The van der Waals surface area contributed by atoms with Crippen molar-refractivity contribution in [3.63, 3.8) is 0 Å². The maximum absolute atomic E-state index is 13.4. The molecule has 3 aromatic rings. The lowest BCUT2D eigenvalue weighted by atomic mass is 10.1. The van der Waals surface area contributed by atoms with Gasteiger partial charge in [0.1, 0.15) is 10.3 Å². The number of anilines is 1. The number of rotatable bonds is 7. The molecule has 0 fully saturated rings. The van der Waals surface area contributed by atoms with Crippen molar-refractivity contribution in [1.29, 1.82) is 0 Å². The van der Waals surface area contributed by atoms with Gasteiger partial charge in [0, 0.05) is 9.77 Å². The van der Waals surface area contributed by atoms with Crippen molar-refractivity contribution in [1.82, 2.24) is 0 Å². The number of benzene rings is 2. The molecule has 1 aliphatic rings. The van der Waals surface area contributed by atoms with Crippen molar-refractivity contribution in [2.75, 3.05) is 11.9 Å². The zero-order valence-electron chi connectivity index (χ0n) is 16.7. The van der Waals surface area contributed by atoms with Crippen molar-refractivity contribution < 1.29 is 14.3 Å². The highest BCUT2D eigenvalue weighted by atomic mass is 32.2. The third-order valence-corrected chi connectivity index (χ3v) is 7.45. The first-order valence-corrected chi connectivity index (χ1v) is 11.8. The lowest BCUT2D eigenvalue weighted by molar-refractivity contribution is -0.115. The Hall–Kier alpha value is -2.57. The topological polar surface area (TPSA) is 55.4 Å². The van der Waals surface area contributed by atoms with Crippen molar-refractivity contribution in [2.24, 2.45) is 0 Å². The van der Waals surface area contributed by atoms with Gasteiger partial charge in [-0.1, -0.05) is 48.5 Å². The van der Waals surface area contributed by atoms with Gasteiger partial charge >= 0.3 is 5.97 Å². The largest absolute Gasteiger partial charge is 0.462 e. The molecule has 1 amide bonds. The Morgan fingerprint density at radius 1 is 1.07 bits per heavy atom. The molecule has 0 bridgehead atoms. The molecular weight excluding hydrogens is 414 g/mol. The van der Waals surface area contributed by atoms with Crippen LogP contribution in [0.1, 0.15) is 45.0 Å². The number of thiophene rings is 1. The number of amides is 1. The van der Waals surface area contributed by atoms with E-state index < -0.39 is 5.25 Å². The normalized spacial score (nSPS) is 13.5. The lowest BCUT2D eigenvalue weighted by Gasteiger charge is -2.17. The molecule has 30 heavy (non-hydrogen) atoms. The molecule has 0 saturated carbocycles. The van der Waals surface area contributed by atoms with Crippen LogP contribution in [-0.4, -0.2) is 18.5 Å². The summed E-state index contributed by atoms with van der Waals surface area (Å²) in [4.78, 5) is 28.2. The maximum atomic E-state index is 13.4. The highest BCUT2D eigenvalue weighted by molar-refractivity contribution is 8.00.